The van der Waals surface area contributed by atoms with Crippen LogP contribution >= 0.6 is 0 Å². The van der Waals surface area contributed by atoms with Crippen molar-refractivity contribution in [2.75, 3.05) is 13.6 Å². The van der Waals surface area contributed by atoms with Crippen LogP contribution in [-0.2, 0) is 9.53 Å². The minimum atomic E-state index is -0.395. The van der Waals surface area contributed by atoms with Gasteiger partial charge < -0.3 is 15.0 Å². The van der Waals surface area contributed by atoms with Crippen LogP contribution in [0.1, 0.15) is 78.2 Å². The number of benzene rings is 1. The molecule has 31 heavy (non-hydrogen) atoms. The largest absolute Gasteiger partial charge is 0.460 e. The summed E-state index contributed by atoms with van der Waals surface area (Å²) in [6.45, 7) is 8.84. The molecule has 172 valence electrons. The second-order valence-corrected chi connectivity index (χ2v) is 10.4. The average molecular weight is 427 g/mol. The smallest absolute Gasteiger partial charge is 0.307 e. The van der Waals surface area contributed by atoms with Crippen molar-refractivity contribution in [3.8, 4) is 0 Å². The molecular formula is C27H42N2O2. The molecule has 2 fully saturated rings. The zero-order valence-electron chi connectivity index (χ0n) is 20.2. The topological polar surface area (TPSA) is 41.6 Å². The van der Waals surface area contributed by atoms with Crippen LogP contribution in [0.25, 0.3) is 6.08 Å². The normalized spacial score (nSPS) is 26.7. The predicted octanol–water partition coefficient (Wildman–Crippen LogP) is 5.43. The number of hydrogen-bond donors (Lipinski definition) is 1. The average Bonchev–Trinajstić information content (AvgIpc) is 3.49. The Morgan fingerprint density at radius 3 is 2.45 bits per heavy atom. The van der Waals surface area contributed by atoms with Crippen molar-refractivity contribution < 1.29 is 9.53 Å². The molecule has 1 aromatic carbocycles. The Hall–Kier alpha value is -1.65. The van der Waals surface area contributed by atoms with Gasteiger partial charge in [-0.25, -0.2) is 0 Å². The highest BCUT2D eigenvalue weighted by Gasteiger charge is 2.40. The third kappa shape index (κ3) is 7.76. The molecule has 4 nitrogen and oxygen atoms in total. The zero-order valence-corrected chi connectivity index (χ0v) is 20.2. The van der Waals surface area contributed by atoms with Crippen molar-refractivity contribution in [1.29, 1.82) is 0 Å². The van der Waals surface area contributed by atoms with E-state index in [-0.39, 0.29) is 5.97 Å². The van der Waals surface area contributed by atoms with Crippen LogP contribution in [-0.4, -0.2) is 48.2 Å². The Balaban J connectivity index is 1.38. The van der Waals surface area contributed by atoms with Crippen LogP contribution in [0, 0.1) is 5.92 Å². The first kappa shape index (κ1) is 24.0. The highest BCUT2D eigenvalue weighted by Crippen LogP contribution is 2.41. The first-order chi connectivity index (χ1) is 14.7. The summed E-state index contributed by atoms with van der Waals surface area (Å²) in [5, 5.41) is 3.95. The molecule has 0 bridgehead atoms. The number of carbonyl (C=O) groups is 1. The van der Waals surface area contributed by atoms with Crippen molar-refractivity contribution in [2.24, 2.45) is 5.92 Å². The Labute approximate surface area is 189 Å². The predicted molar refractivity (Wildman–Crippen MR) is 129 cm³/mol. The molecule has 0 heterocycles. The van der Waals surface area contributed by atoms with Crippen molar-refractivity contribution in [3.05, 3.63) is 41.5 Å². The van der Waals surface area contributed by atoms with Crippen LogP contribution < -0.4 is 5.32 Å². The molecule has 2 aliphatic carbocycles. The van der Waals surface area contributed by atoms with E-state index in [0.29, 0.717) is 30.5 Å². The van der Waals surface area contributed by atoms with Gasteiger partial charge in [-0.2, -0.15) is 0 Å². The van der Waals surface area contributed by atoms with Gasteiger partial charge in [0.15, 0.2) is 0 Å². The number of rotatable bonds is 9. The van der Waals surface area contributed by atoms with Crippen LogP contribution in [0.4, 0.5) is 0 Å². The lowest BCUT2D eigenvalue weighted by Gasteiger charge is -2.35. The van der Waals surface area contributed by atoms with E-state index in [0.717, 1.165) is 13.0 Å². The summed E-state index contributed by atoms with van der Waals surface area (Å²) in [7, 11) is 2.15. The molecular weight excluding hydrogens is 384 g/mol. The van der Waals surface area contributed by atoms with Crippen LogP contribution in [0.3, 0.4) is 0 Å². The summed E-state index contributed by atoms with van der Waals surface area (Å²) in [4.78, 5) is 14.3. The van der Waals surface area contributed by atoms with E-state index in [1.54, 1.807) is 5.57 Å². The van der Waals surface area contributed by atoms with Gasteiger partial charge in [0.2, 0.25) is 0 Å². The van der Waals surface area contributed by atoms with Crippen molar-refractivity contribution in [1.82, 2.24) is 10.2 Å². The fraction of sp³-hybridized carbons (Fsp3) is 0.667. The minimum absolute atomic E-state index is 0.0928. The molecule has 4 heteroatoms. The summed E-state index contributed by atoms with van der Waals surface area (Å²) in [5.74, 6) is 0.615. The Morgan fingerprint density at radius 1 is 1.16 bits per heavy atom. The summed E-state index contributed by atoms with van der Waals surface area (Å²) < 4.78 is 5.44. The van der Waals surface area contributed by atoms with Gasteiger partial charge in [-0.1, -0.05) is 48.9 Å². The third-order valence-electron chi connectivity index (χ3n) is 6.69. The molecule has 0 radical (unpaired) electrons. The van der Waals surface area contributed by atoms with E-state index in [9.17, 15) is 4.79 Å². The van der Waals surface area contributed by atoms with E-state index in [2.05, 4.69) is 60.6 Å². The van der Waals surface area contributed by atoms with Gasteiger partial charge in [-0.3, -0.25) is 4.79 Å². The maximum atomic E-state index is 12.0. The number of hydrogen-bond acceptors (Lipinski definition) is 4. The number of carbonyl (C=O) groups excluding carboxylic acids is 1. The zero-order chi connectivity index (χ0) is 22.4. The first-order valence-corrected chi connectivity index (χ1v) is 12.2. The minimum Gasteiger partial charge on any atom is -0.460 e. The molecule has 3 rings (SSSR count). The molecule has 0 unspecified atom stereocenters. The lowest BCUT2D eigenvalue weighted by atomic mass is 9.90. The SMILES string of the molecule is CC/C(=C\c1ccccc1)[C@@H]1C[C@H]1N[C@H]1CC[C@H](N(C)CCC(=O)OC(C)(C)C)CC1. The summed E-state index contributed by atoms with van der Waals surface area (Å²) >= 11 is 0. The van der Waals surface area contributed by atoms with E-state index < -0.39 is 5.60 Å². The molecule has 2 aliphatic rings. The van der Waals surface area contributed by atoms with Gasteiger partial charge in [0.1, 0.15) is 5.60 Å². The first-order valence-electron chi connectivity index (χ1n) is 12.2. The van der Waals surface area contributed by atoms with Gasteiger partial charge in [-0.15, -0.1) is 0 Å². The molecule has 1 N–H and O–H groups in total. The monoisotopic (exact) mass is 426 g/mol. The molecule has 1 aromatic rings. The molecule has 2 saturated carbocycles. The molecule has 0 aromatic heterocycles. The molecule has 0 aliphatic heterocycles. The standard InChI is InChI=1S/C27H42N2O2/c1-6-21(18-20-10-8-7-9-11-20)24-19-25(24)28-22-12-14-23(15-13-22)29(5)17-16-26(30)31-27(2,3)4/h7-11,18,22-25,28H,6,12-17,19H2,1-5H3/b21-18+/t22-,23-,24-,25+/m0/s1. The molecule has 0 spiro atoms. The highest BCUT2D eigenvalue weighted by atomic mass is 16.6. The van der Waals surface area contributed by atoms with E-state index in [1.807, 2.05) is 20.8 Å². The number of esters is 1. The Morgan fingerprint density at radius 2 is 1.84 bits per heavy atom. The number of nitrogens with zero attached hydrogens (tertiary/aromatic N) is 1. The Bertz CT molecular complexity index is 729. The van der Waals surface area contributed by atoms with Crippen LogP contribution in [0.5, 0.6) is 0 Å². The Kier molecular flexibility index (Phi) is 8.35. The molecule has 0 saturated heterocycles. The van der Waals surface area contributed by atoms with Gasteiger partial charge >= 0.3 is 5.97 Å². The number of ether oxygens (including phenoxy) is 1. The van der Waals surface area contributed by atoms with Gasteiger partial charge in [-0.05, 0) is 77.8 Å². The van der Waals surface area contributed by atoms with Crippen LogP contribution in [0.2, 0.25) is 0 Å². The third-order valence-corrected chi connectivity index (χ3v) is 6.69. The maximum absolute atomic E-state index is 12.0. The maximum Gasteiger partial charge on any atom is 0.307 e. The second kappa shape index (κ2) is 10.8. The van der Waals surface area contributed by atoms with Gasteiger partial charge in [0, 0.05) is 24.7 Å². The van der Waals surface area contributed by atoms with Crippen molar-refractivity contribution >= 4 is 12.0 Å². The lowest BCUT2D eigenvalue weighted by molar-refractivity contribution is -0.155. The van der Waals surface area contributed by atoms with Gasteiger partial charge in [0.05, 0.1) is 6.42 Å². The fourth-order valence-electron chi connectivity index (χ4n) is 4.85. The highest BCUT2D eigenvalue weighted by molar-refractivity contribution is 5.70. The fourth-order valence-corrected chi connectivity index (χ4v) is 4.85. The second-order valence-electron chi connectivity index (χ2n) is 10.4. The van der Waals surface area contributed by atoms with Gasteiger partial charge in [0.25, 0.3) is 0 Å². The molecule has 0 amide bonds. The lowest BCUT2D eigenvalue weighted by Crippen LogP contribution is -2.42. The van der Waals surface area contributed by atoms with Crippen molar-refractivity contribution in [3.63, 3.8) is 0 Å². The summed E-state index contributed by atoms with van der Waals surface area (Å²) in [6, 6.07) is 12.6. The quantitative estimate of drug-likeness (QED) is 0.534. The molecule has 2 atom stereocenters. The summed E-state index contributed by atoms with van der Waals surface area (Å²) in [5.41, 5.74) is 2.51. The summed E-state index contributed by atoms with van der Waals surface area (Å²) in [6.07, 6.45) is 10.2. The van der Waals surface area contributed by atoms with Crippen molar-refractivity contribution in [2.45, 2.75) is 96.4 Å². The van der Waals surface area contributed by atoms with E-state index in [1.165, 1.54) is 37.7 Å². The van der Waals surface area contributed by atoms with Crippen LogP contribution in [0.15, 0.2) is 35.9 Å². The van der Waals surface area contributed by atoms with E-state index >= 15 is 0 Å². The number of nitrogens with one attached hydrogen (secondary N) is 1. The van der Waals surface area contributed by atoms with E-state index in [4.69, 9.17) is 4.74 Å².